The van der Waals surface area contributed by atoms with E-state index in [0.717, 1.165) is 11.3 Å². The van der Waals surface area contributed by atoms with Crippen LogP contribution in [-0.4, -0.2) is 28.8 Å². The summed E-state index contributed by atoms with van der Waals surface area (Å²) in [5.74, 6) is -0.0991. The summed E-state index contributed by atoms with van der Waals surface area (Å²) in [6.45, 7) is 0. The number of nitrogens with zero attached hydrogens (tertiary/aromatic N) is 4. The summed E-state index contributed by atoms with van der Waals surface area (Å²) in [5.41, 5.74) is 6.10. The average Bonchev–Trinajstić information content (AvgIpc) is 3.09. The fraction of sp³-hybridized carbons (Fsp3) is 0.0909. The van der Waals surface area contributed by atoms with Gasteiger partial charge in [-0.15, -0.1) is 10.2 Å². The highest BCUT2D eigenvalue weighted by Crippen LogP contribution is 2.22. The molecule has 3 rings (SSSR count). The van der Waals surface area contributed by atoms with Gasteiger partial charge in [-0.3, -0.25) is 0 Å². The number of rotatable bonds is 4. The third kappa shape index (κ3) is 2.90. The summed E-state index contributed by atoms with van der Waals surface area (Å²) in [6, 6.07) is 9.07. The van der Waals surface area contributed by atoms with Crippen molar-refractivity contribution in [3.8, 4) is 11.5 Å². The topological polar surface area (TPSA) is 125 Å². The maximum atomic E-state index is 12.1. The number of hydrogen-bond acceptors (Lipinski definition) is 9. The van der Waals surface area contributed by atoms with Crippen molar-refractivity contribution in [2.24, 2.45) is 0 Å². The van der Waals surface area contributed by atoms with E-state index in [1.807, 2.05) is 18.2 Å². The second kappa shape index (κ2) is 5.22. The Morgan fingerprint density at radius 1 is 1.19 bits per heavy atom. The highest BCUT2D eigenvalue weighted by atomic mass is 32.2. The quantitative estimate of drug-likeness (QED) is 0.757. The summed E-state index contributed by atoms with van der Waals surface area (Å²) in [5, 5.41) is 10.8. The molecule has 0 saturated carbocycles. The Morgan fingerprint density at radius 2 is 1.95 bits per heavy atom. The first-order valence-corrected chi connectivity index (χ1v) is 8.21. The van der Waals surface area contributed by atoms with E-state index in [1.54, 1.807) is 12.1 Å². The van der Waals surface area contributed by atoms with Crippen LogP contribution < -0.4 is 5.73 Å². The molecule has 0 atom stereocenters. The van der Waals surface area contributed by atoms with Gasteiger partial charge in [-0.05, 0) is 12.1 Å². The van der Waals surface area contributed by atoms with E-state index >= 15 is 0 Å². The molecule has 0 bridgehead atoms. The van der Waals surface area contributed by atoms with Gasteiger partial charge in [0.1, 0.15) is 5.75 Å². The molecule has 10 heteroatoms. The molecule has 0 aliphatic rings. The zero-order chi connectivity index (χ0) is 14.9. The molecular weight excluding hydrogens is 314 g/mol. The number of anilines is 1. The first kappa shape index (κ1) is 13.6. The van der Waals surface area contributed by atoms with E-state index in [0.29, 0.717) is 5.56 Å². The van der Waals surface area contributed by atoms with Crippen LogP contribution in [0.15, 0.2) is 39.2 Å². The minimum Gasteiger partial charge on any atom is -0.374 e. The monoisotopic (exact) mass is 323 g/mol. The molecule has 2 N–H and O–H groups in total. The zero-order valence-corrected chi connectivity index (χ0v) is 12.1. The van der Waals surface area contributed by atoms with Crippen molar-refractivity contribution in [3.05, 3.63) is 36.2 Å². The fourth-order valence-electron chi connectivity index (χ4n) is 1.59. The number of nitrogens with two attached hydrogens (primary N) is 1. The smallest absolute Gasteiger partial charge is 0.257 e. The van der Waals surface area contributed by atoms with Crippen LogP contribution in [0.25, 0.3) is 11.5 Å². The van der Waals surface area contributed by atoms with Crippen molar-refractivity contribution in [1.29, 1.82) is 0 Å². The molecule has 21 heavy (non-hydrogen) atoms. The molecule has 0 amide bonds. The van der Waals surface area contributed by atoms with Gasteiger partial charge in [-0.2, -0.15) is 4.98 Å². The Morgan fingerprint density at radius 3 is 2.62 bits per heavy atom. The fourth-order valence-corrected chi connectivity index (χ4v) is 3.62. The molecule has 0 aliphatic carbocycles. The van der Waals surface area contributed by atoms with Crippen LogP contribution in [0.1, 0.15) is 5.82 Å². The molecule has 2 heterocycles. The molecule has 3 aromatic rings. The van der Waals surface area contributed by atoms with E-state index in [1.165, 1.54) is 0 Å². The van der Waals surface area contributed by atoms with Crippen molar-refractivity contribution in [1.82, 2.24) is 20.3 Å². The number of benzene rings is 1. The van der Waals surface area contributed by atoms with Crippen LogP contribution in [-0.2, 0) is 15.6 Å². The molecule has 8 nitrogen and oxygen atoms in total. The second-order valence-electron chi connectivity index (χ2n) is 4.05. The number of nitrogen functional groups attached to an aromatic ring is 1. The van der Waals surface area contributed by atoms with Gasteiger partial charge >= 0.3 is 0 Å². The van der Waals surface area contributed by atoms with Gasteiger partial charge in [0.15, 0.2) is 5.82 Å². The first-order valence-electron chi connectivity index (χ1n) is 5.74. The van der Waals surface area contributed by atoms with Crippen LogP contribution in [0.3, 0.4) is 0 Å². The normalized spacial score (nSPS) is 11.6. The Balaban J connectivity index is 1.85. The minimum absolute atomic E-state index is 0.0580. The van der Waals surface area contributed by atoms with Crippen LogP contribution in [0.5, 0.6) is 0 Å². The number of sulfone groups is 1. The van der Waals surface area contributed by atoms with Crippen molar-refractivity contribution in [3.63, 3.8) is 0 Å². The van der Waals surface area contributed by atoms with Gasteiger partial charge < -0.3 is 10.3 Å². The summed E-state index contributed by atoms with van der Waals surface area (Å²) in [7, 11) is -3.68. The van der Waals surface area contributed by atoms with Gasteiger partial charge in [0.25, 0.3) is 5.89 Å². The molecule has 1 aromatic carbocycles. The van der Waals surface area contributed by atoms with Crippen molar-refractivity contribution >= 4 is 26.3 Å². The van der Waals surface area contributed by atoms with E-state index in [4.69, 9.17) is 10.3 Å². The van der Waals surface area contributed by atoms with Crippen molar-refractivity contribution in [2.45, 2.75) is 10.1 Å². The molecule has 0 spiro atoms. The molecule has 108 valence electrons. The molecule has 2 aromatic heterocycles. The summed E-state index contributed by atoms with van der Waals surface area (Å²) in [6.07, 6.45) is 0. The van der Waals surface area contributed by atoms with Crippen molar-refractivity contribution < 1.29 is 12.9 Å². The number of aromatic nitrogens is 4. The molecule has 0 aliphatic heterocycles. The lowest BCUT2D eigenvalue weighted by Crippen LogP contribution is -2.06. The summed E-state index contributed by atoms with van der Waals surface area (Å²) < 4.78 is 29.1. The molecule has 0 saturated heterocycles. The van der Waals surface area contributed by atoms with E-state index in [-0.39, 0.29) is 21.2 Å². The van der Waals surface area contributed by atoms with Crippen LogP contribution in [0.4, 0.5) is 5.13 Å². The van der Waals surface area contributed by atoms with E-state index in [2.05, 4.69) is 20.3 Å². The number of hydrogen-bond donors (Lipinski definition) is 1. The standard InChI is InChI=1S/C11H9N5O3S2/c12-10-14-15-11(20-10)21(17,18)6-8-13-9(19-16-8)7-4-2-1-3-5-7/h1-5H,6H2,(H2,12,14). The van der Waals surface area contributed by atoms with Gasteiger partial charge in [-0.25, -0.2) is 8.42 Å². The van der Waals surface area contributed by atoms with Crippen molar-refractivity contribution in [2.75, 3.05) is 5.73 Å². The lowest BCUT2D eigenvalue weighted by molar-refractivity contribution is 0.424. The van der Waals surface area contributed by atoms with Gasteiger partial charge in [-0.1, -0.05) is 34.7 Å². The largest absolute Gasteiger partial charge is 0.374 e. The molecular formula is C11H9N5O3S2. The molecule has 0 radical (unpaired) electrons. The van der Waals surface area contributed by atoms with Crippen LogP contribution in [0, 0.1) is 0 Å². The SMILES string of the molecule is Nc1nnc(S(=O)(=O)Cc2noc(-c3ccccc3)n2)s1. The first-order chi connectivity index (χ1) is 10.0. The minimum atomic E-state index is -3.68. The maximum absolute atomic E-state index is 12.1. The second-order valence-corrected chi connectivity index (χ2v) is 7.22. The van der Waals surface area contributed by atoms with Crippen LogP contribution in [0.2, 0.25) is 0 Å². The predicted octanol–water partition coefficient (Wildman–Crippen LogP) is 1.14. The highest BCUT2D eigenvalue weighted by molar-refractivity contribution is 7.92. The Bertz CT molecular complexity index is 857. The van der Waals surface area contributed by atoms with Gasteiger partial charge in [0.05, 0.1) is 0 Å². The summed E-state index contributed by atoms with van der Waals surface area (Å²) >= 11 is 0.799. The molecule has 0 fully saturated rings. The highest BCUT2D eigenvalue weighted by Gasteiger charge is 2.23. The van der Waals surface area contributed by atoms with Gasteiger partial charge in [0, 0.05) is 5.56 Å². The van der Waals surface area contributed by atoms with E-state index < -0.39 is 15.6 Å². The van der Waals surface area contributed by atoms with Gasteiger partial charge in [0.2, 0.25) is 19.3 Å². The lowest BCUT2D eigenvalue weighted by atomic mass is 10.2. The predicted molar refractivity (Wildman–Crippen MR) is 74.9 cm³/mol. The Labute approximate surface area is 123 Å². The Hall–Kier alpha value is -2.33. The van der Waals surface area contributed by atoms with Crippen LogP contribution >= 0.6 is 11.3 Å². The third-order valence-electron chi connectivity index (χ3n) is 2.50. The Kier molecular flexibility index (Phi) is 3.39. The zero-order valence-electron chi connectivity index (χ0n) is 10.5. The maximum Gasteiger partial charge on any atom is 0.257 e. The third-order valence-corrected chi connectivity index (χ3v) is 5.31. The summed E-state index contributed by atoms with van der Waals surface area (Å²) in [4.78, 5) is 4.07. The van der Waals surface area contributed by atoms with E-state index in [9.17, 15) is 8.42 Å². The molecule has 0 unspecified atom stereocenters. The average molecular weight is 323 g/mol. The lowest BCUT2D eigenvalue weighted by Gasteiger charge is -1.94.